The maximum atomic E-state index is 12.1. The highest BCUT2D eigenvalue weighted by atomic mass is 32.2. The third-order valence-corrected chi connectivity index (χ3v) is 4.73. The van der Waals surface area contributed by atoms with Gasteiger partial charge in [0, 0.05) is 4.91 Å². The van der Waals surface area contributed by atoms with Crippen molar-refractivity contribution >= 4 is 9.84 Å². The molecule has 16 heavy (non-hydrogen) atoms. The second-order valence-electron chi connectivity index (χ2n) is 4.16. The number of rotatable bonds is 3. The molecule has 1 aliphatic carbocycles. The number of hydrogen-bond acceptors (Lipinski definition) is 2. The van der Waals surface area contributed by atoms with Gasteiger partial charge in [0.2, 0.25) is 0 Å². The summed E-state index contributed by atoms with van der Waals surface area (Å²) >= 11 is 0. The molecule has 0 saturated carbocycles. The highest BCUT2D eigenvalue weighted by molar-refractivity contribution is 7.94. The Morgan fingerprint density at radius 2 is 1.81 bits per heavy atom. The van der Waals surface area contributed by atoms with Crippen LogP contribution in [0.2, 0.25) is 0 Å². The summed E-state index contributed by atoms with van der Waals surface area (Å²) in [6.45, 7) is 0. The Morgan fingerprint density at radius 3 is 2.44 bits per heavy atom. The maximum absolute atomic E-state index is 12.1. The summed E-state index contributed by atoms with van der Waals surface area (Å²) in [6.07, 6.45) is 5.63. The lowest BCUT2D eigenvalue weighted by molar-refractivity contribution is 0.594. The summed E-state index contributed by atoms with van der Waals surface area (Å²) < 4.78 is 24.2. The molecular weight excluding hydrogens is 220 g/mol. The van der Waals surface area contributed by atoms with Crippen LogP contribution < -0.4 is 0 Å². The van der Waals surface area contributed by atoms with Crippen LogP contribution in [0.1, 0.15) is 31.2 Å². The zero-order chi connectivity index (χ0) is 11.4. The van der Waals surface area contributed by atoms with E-state index in [1.54, 1.807) is 0 Å². The van der Waals surface area contributed by atoms with Gasteiger partial charge in [0.25, 0.3) is 0 Å². The number of hydrogen-bond donors (Lipinski definition) is 0. The fourth-order valence-corrected chi connectivity index (χ4v) is 3.62. The summed E-state index contributed by atoms with van der Waals surface area (Å²) in [5.74, 6) is 0.139. The Balaban J connectivity index is 2.17. The highest BCUT2D eigenvalue weighted by Gasteiger charge is 2.19. The van der Waals surface area contributed by atoms with Crippen LogP contribution in [0.15, 0.2) is 41.3 Å². The van der Waals surface area contributed by atoms with Crippen molar-refractivity contribution in [1.82, 2.24) is 0 Å². The molecule has 2 nitrogen and oxygen atoms in total. The van der Waals surface area contributed by atoms with E-state index in [1.165, 1.54) is 0 Å². The van der Waals surface area contributed by atoms with E-state index in [0.29, 0.717) is 4.91 Å². The van der Waals surface area contributed by atoms with Crippen molar-refractivity contribution in [3.05, 3.63) is 46.9 Å². The molecule has 0 fully saturated rings. The Labute approximate surface area is 96.9 Å². The zero-order valence-electron chi connectivity index (χ0n) is 9.22. The van der Waals surface area contributed by atoms with E-state index in [2.05, 4.69) is 0 Å². The fourth-order valence-electron chi connectivity index (χ4n) is 1.98. The summed E-state index contributed by atoms with van der Waals surface area (Å²) in [5.41, 5.74) is 0.869. The monoisotopic (exact) mass is 236 g/mol. The lowest BCUT2D eigenvalue weighted by Crippen LogP contribution is -2.09. The molecule has 0 N–H and O–H groups in total. The van der Waals surface area contributed by atoms with Crippen LogP contribution in [0.4, 0.5) is 0 Å². The molecule has 2 rings (SSSR count). The van der Waals surface area contributed by atoms with Crippen LogP contribution in [0.5, 0.6) is 0 Å². The van der Waals surface area contributed by atoms with Gasteiger partial charge in [-0.3, -0.25) is 0 Å². The molecule has 0 saturated heterocycles. The van der Waals surface area contributed by atoms with E-state index in [0.717, 1.165) is 31.2 Å². The number of allylic oxidation sites excluding steroid dienone is 2. The van der Waals surface area contributed by atoms with Gasteiger partial charge in [-0.05, 0) is 31.2 Å². The van der Waals surface area contributed by atoms with Crippen molar-refractivity contribution in [1.29, 1.82) is 0 Å². The van der Waals surface area contributed by atoms with Crippen LogP contribution in [0.25, 0.3) is 0 Å². The van der Waals surface area contributed by atoms with Gasteiger partial charge in [-0.2, -0.15) is 0 Å². The first-order valence-corrected chi connectivity index (χ1v) is 7.29. The summed E-state index contributed by atoms with van der Waals surface area (Å²) in [7, 11) is -3.08. The third kappa shape index (κ3) is 2.73. The Morgan fingerprint density at radius 1 is 1.06 bits per heavy atom. The van der Waals surface area contributed by atoms with Crippen LogP contribution in [-0.2, 0) is 15.6 Å². The summed E-state index contributed by atoms with van der Waals surface area (Å²) in [6, 6.07) is 9.37. The van der Waals surface area contributed by atoms with E-state index >= 15 is 0 Å². The predicted molar refractivity (Wildman–Crippen MR) is 65.6 cm³/mol. The normalized spacial score (nSPS) is 16.9. The van der Waals surface area contributed by atoms with Gasteiger partial charge in [-0.1, -0.05) is 36.4 Å². The highest BCUT2D eigenvalue weighted by Crippen LogP contribution is 2.24. The smallest absolute Gasteiger partial charge is 0.178 e. The van der Waals surface area contributed by atoms with E-state index in [1.807, 2.05) is 36.4 Å². The lowest BCUT2D eigenvalue weighted by Gasteiger charge is -2.13. The quantitative estimate of drug-likeness (QED) is 0.808. The molecule has 0 spiro atoms. The van der Waals surface area contributed by atoms with Crippen molar-refractivity contribution in [2.75, 3.05) is 0 Å². The standard InChI is InChI=1S/C13H16O2S/c14-16(15,13-9-5-2-6-10-13)11-12-7-3-1-4-8-12/h1,3-4,7-9H,2,5-6,10-11H2. The molecule has 0 amide bonds. The molecule has 0 aliphatic heterocycles. The number of benzene rings is 1. The first-order chi connectivity index (χ1) is 7.68. The molecule has 0 bridgehead atoms. The molecule has 86 valence electrons. The van der Waals surface area contributed by atoms with Gasteiger partial charge in [0.1, 0.15) is 0 Å². The topological polar surface area (TPSA) is 34.1 Å². The SMILES string of the molecule is O=S(=O)(Cc1ccccc1)C1=CCCCC1. The van der Waals surface area contributed by atoms with Crippen molar-refractivity contribution in [3.8, 4) is 0 Å². The second-order valence-corrected chi connectivity index (χ2v) is 6.20. The lowest BCUT2D eigenvalue weighted by atomic mass is 10.1. The van der Waals surface area contributed by atoms with Crippen LogP contribution in [-0.4, -0.2) is 8.42 Å². The summed E-state index contributed by atoms with van der Waals surface area (Å²) in [5, 5.41) is 0. The van der Waals surface area contributed by atoms with Gasteiger partial charge >= 0.3 is 0 Å². The number of sulfone groups is 1. The molecular formula is C13H16O2S. The van der Waals surface area contributed by atoms with Gasteiger partial charge in [0.05, 0.1) is 5.75 Å². The van der Waals surface area contributed by atoms with Crippen molar-refractivity contribution < 1.29 is 8.42 Å². The third-order valence-electron chi connectivity index (χ3n) is 2.85. The van der Waals surface area contributed by atoms with E-state index in [9.17, 15) is 8.42 Å². The van der Waals surface area contributed by atoms with Crippen molar-refractivity contribution in [3.63, 3.8) is 0 Å². The van der Waals surface area contributed by atoms with Gasteiger partial charge < -0.3 is 0 Å². The molecule has 1 aliphatic rings. The summed E-state index contributed by atoms with van der Waals surface area (Å²) in [4.78, 5) is 0.641. The first-order valence-electron chi connectivity index (χ1n) is 5.64. The van der Waals surface area contributed by atoms with Gasteiger partial charge in [-0.15, -0.1) is 0 Å². The predicted octanol–water partition coefficient (Wildman–Crippen LogP) is 3.06. The molecule has 0 atom stereocenters. The maximum Gasteiger partial charge on any atom is 0.178 e. The van der Waals surface area contributed by atoms with Gasteiger partial charge in [-0.25, -0.2) is 8.42 Å². The van der Waals surface area contributed by atoms with E-state index in [4.69, 9.17) is 0 Å². The average Bonchev–Trinajstić information content (AvgIpc) is 2.31. The minimum atomic E-state index is -3.08. The minimum absolute atomic E-state index is 0.139. The Kier molecular flexibility index (Phi) is 3.44. The van der Waals surface area contributed by atoms with Crippen molar-refractivity contribution in [2.45, 2.75) is 31.4 Å². The molecule has 0 aromatic heterocycles. The van der Waals surface area contributed by atoms with Crippen LogP contribution >= 0.6 is 0 Å². The van der Waals surface area contributed by atoms with Crippen molar-refractivity contribution in [2.24, 2.45) is 0 Å². The zero-order valence-corrected chi connectivity index (χ0v) is 10.0. The average molecular weight is 236 g/mol. The molecule has 0 heterocycles. The van der Waals surface area contributed by atoms with Crippen LogP contribution in [0, 0.1) is 0 Å². The first kappa shape index (κ1) is 11.4. The van der Waals surface area contributed by atoms with E-state index < -0.39 is 9.84 Å². The largest absolute Gasteiger partial charge is 0.224 e. The van der Waals surface area contributed by atoms with Crippen LogP contribution in [0.3, 0.4) is 0 Å². The molecule has 0 radical (unpaired) electrons. The minimum Gasteiger partial charge on any atom is -0.224 e. The molecule has 1 aromatic rings. The molecule has 0 unspecified atom stereocenters. The van der Waals surface area contributed by atoms with Gasteiger partial charge in [0.15, 0.2) is 9.84 Å². The second kappa shape index (κ2) is 4.83. The Hall–Kier alpha value is -1.09. The molecule has 1 aromatic carbocycles. The van der Waals surface area contributed by atoms with E-state index in [-0.39, 0.29) is 5.75 Å². The Bertz CT molecular complexity index is 472. The fraction of sp³-hybridized carbons (Fsp3) is 0.385. The molecule has 3 heteroatoms.